The topological polar surface area (TPSA) is 23.8 Å². The Hall–Kier alpha value is -0.940. The van der Waals surface area contributed by atoms with Gasteiger partial charge in [-0.2, -0.15) is 5.26 Å². The fourth-order valence-corrected chi connectivity index (χ4v) is 7.46. The molecule has 4 aliphatic rings. The predicted octanol–water partition coefficient (Wildman–Crippen LogP) is 5.13. The third kappa shape index (κ3) is 2.81. The number of benzene rings is 1. The van der Waals surface area contributed by atoms with E-state index in [-0.39, 0.29) is 5.25 Å². The molecule has 0 amide bonds. The number of rotatable bonds is 4. The van der Waals surface area contributed by atoms with Gasteiger partial charge in [-0.3, -0.25) is 0 Å². The van der Waals surface area contributed by atoms with Crippen molar-refractivity contribution in [3.05, 3.63) is 35.4 Å². The Bertz CT molecular complexity index is 547. The Balaban J connectivity index is 1.47. The van der Waals surface area contributed by atoms with Crippen LogP contribution in [0.5, 0.6) is 0 Å². The Kier molecular flexibility index (Phi) is 3.73. The van der Waals surface area contributed by atoms with Crippen LogP contribution in [0.15, 0.2) is 24.3 Å². The van der Waals surface area contributed by atoms with Crippen LogP contribution in [0.2, 0.25) is 0 Å². The van der Waals surface area contributed by atoms with E-state index in [0.29, 0.717) is 4.75 Å². The van der Waals surface area contributed by atoms with E-state index >= 15 is 0 Å². The molecule has 0 spiro atoms. The van der Waals surface area contributed by atoms with Gasteiger partial charge < -0.3 is 0 Å². The molecule has 4 bridgehead atoms. The molecule has 0 heterocycles. The third-order valence-corrected chi connectivity index (χ3v) is 7.62. The van der Waals surface area contributed by atoms with Crippen LogP contribution in [-0.4, -0.2) is 10.00 Å². The standard InChI is InChI=1S/C20H25NS/c1-14-2-4-15(5-3-14)9-19(13-21)22-20-10-16-6-17(11-20)8-18(7-16)12-20/h2-5,16-19H,6-12H2,1H3/t16?,17?,18?,19-,20?/m0/s1. The van der Waals surface area contributed by atoms with Crippen molar-refractivity contribution in [1.82, 2.24) is 0 Å². The largest absolute Gasteiger partial charge is 0.197 e. The van der Waals surface area contributed by atoms with Gasteiger partial charge in [0.05, 0.1) is 11.3 Å². The molecule has 0 radical (unpaired) electrons. The Morgan fingerprint density at radius 1 is 1.09 bits per heavy atom. The van der Waals surface area contributed by atoms with Gasteiger partial charge in [-0.1, -0.05) is 29.8 Å². The first-order valence-electron chi connectivity index (χ1n) is 8.77. The van der Waals surface area contributed by atoms with Gasteiger partial charge in [-0.05, 0) is 75.2 Å². The van der Waals surface area contributed by atoms with E-state index in [0.717, 1.165) is 24.2 Å². The molecule has 1 nitrogen and oxygen atoms in total. The minimum absolute atomic E-state index is 0.124. The second kappa shape index (κ2) is 5.60. The van der Waals surface area contributed by atoms with Crippen LogP contribution in [0.25, 0.3) is 0 Å². The maximum absolute atomic E-state index is 9.67. The molecule has 1 aromatic carbocycles. The highest BCUT2D eigenvalue weighted by Crippen LogP contribution is 2.61. The van der Waals surface area contributed by atoms with Gasteiger partial charge in [-0.15, -0.1) is 11.8 Å². The van der Waals surface area contributed by atoms with Gasteiger partial charge in [0.25, 0.3) is 0 Å². The minimum atomic E-state index is 0.124. The number of aryl methyl sites for hydroxylation is 1. The van der Waals surface area contributed by atoms with Crippen LogP contribution in [0.3, 0.4) is 0 Å². The SMILES string of the molecule is Cc1ccc(C[C@@H](C#N)SC23CC4CC(CC(C4)C2)C3)cc1. The summed E-state index contributed by atoms with van der Waals surface area (Å²) in [5.74, 6) is 2.91. The van der Waals surface area contributed by atoms with Crippen molar-refractivity contribution in [3.63, 3.8) is 0 Å². The zero-order chi connectivity index (χ0) is 15.2. The van der Waals surface area contributed by atoms with E-state index < -0.39 is 0 Å². The Morgan fingerprint density at radius 3 is 2.14 bits per heavy atom. The highest BCUT2D eigenvalue weighted by Gasteiger charge is 2.51. The molecule has 4 fully saturated rings. The molecule has 1 atom stereocenters. The first-order valence-corrected chi connectivity index (χ1v) is 9.65. The van der Waals surface area contributed by atoms with Crippen molar-refractivity contribution in [1.29, 1.82) is 5.26 Å². The number of hydrogen-bond acceptors (Lipinski definition) is 2. The number of nitriles is 1. The van der Waals surface area contributed by atoms with E-state index in [1.54, 1.807) is 0 Å². The van der Waals surface area contributed by atoms with Crippen LogP contribution in [0.4, 0.5) is 0 Å². The van der Waals surface area contributed by atoms with Gasteiger partial charge in [-0.25, -0.2) is 0 Å². The third-order valence-electron chi connectivity index (χ3n) is 6.06. The lowest BCUT2D eigenvalue weighted by Crippen LogP contribution is -2.49. The molecular formula is C20H25NS. The summed E-state index contributed by atoms with van der Waals surface area (Å²) in [4.78, 5) is 0. The van der Waals surface area contributed by atoms with Crippen molar-refractivity contribution in [2.75, 3.05) is 0 Å². The fourth-order valence-electron chi connectivity index (χ4n) is 5.53. The highest BCUT2D eigenvalue weighted by atomic mass is 32.2. The number of nitrogens with zero attached hydrogens (tertiary/aromatic N) is 1. The first kappa shape index (κ1) is 14.6. The molecule has 0 aromatic heterocycles. The van der Waals surface area contributed by atoms with E-state index in [9.17, 15) is 5.26 Å². The summed E-state index contributed by atoms with van der Waals surface area (Å²) in [6.45, 7) is 2.12. The molecule has 116 valence electrons. The summed E-state index contributed by atoms with van der Waals surface area (Å²) in [7, 11) is 0. The van der Waals surface area contributed by atoms with E-state index in [2.05, 4.69) is 37.3 Å². The lowest BCUT2D eigenvalue weighted by Gasteiger charge is -2.56. The molecule has 2 heteroatoms. The van der Waals surface area contributed by atoms with Crippen molar-refractivity contribution in [2.45, 2.75) is 61.9 Å². The van der Waals surface area contributed by atoms with E-state index in [1.807, 2.05) is 11.8 Å². The van der Waals surface area contributed by atoms with Gasteiger partial charge in [0.1, 0.15) is 0 Å². The van der Waals surface area contributed by atoms with Crippen molar-refractivity contribution < 1.29 is 0 Å². The highest BCUT2D eigenvalue weighted by molar-refractivity contribution is 8.01. The first-order chi connectivity index (χ1) is 10.6. The van der Waals surface area contributed by atoms with Gasteiger partial charge in [0.15, 0.2) is 0 Å². The molecule has 0 N–H and O–H groups in total. The average Bonchev–Trinajstić information content (AvgIpc) is 2.47. The molecule has 1 aromatic rings. The normalized spacial score (nSPS) is 37.0. The lowest BCUT2D eigenvalue weighted by molar-refractivity contribution is 0.0382. The van der Waals surface area contributed by atoms with Crippen LogP contribution >= 0.6 is 11.8 Å². The zero-order valence-electron chi connectivity index (χ0n) is 13.4. The average molecular weight is 311 g/mol. The summed E-state index contributed by atoms with van der Waals surface area (Å²) in [6.07, 6.45) is 9.50. The molecule has 0 unspecified atom stereocenters. The maximum Gasteiger partial charge on any atom is 0.0962 e. The van der Waals surface area contributed by atoms with Crippen molar-refractivity contribution in [2.24, 2.45) is 17.8 Å². The quantitative estimate of drug-likeness (QED) is 0.769. The van der Waals surface area contributed by atoms with Crippen LogP contribution in [0, 0.1) is 36.0 Å². The van der Waals surface area contributed by atoms with E-state index in [4.69, 9.17) is 0 Å². The Labute approximate surface area is 138 Å². The molecule has 0 saturated heterocycles. The number of hydrogen-bond donors (Lipinski definition) is 0. The smallest absolute Gasteiger partial charge is 0.0962 e. The molecular weight excluding hydrogens is 286 g/mol. The zero-order valence-corrected chi connectivity index (χ0v) is 14.2. The molecule has 5 rings (SSSR count). The van der Waals surface area contributed by atoms with Gasteiger partial charge in [0.2, 0.25) is 0 Å². The summed E-state index contributed by atoms with van der Waals surface area (Å²) in [5, 5.41) is 9.80. The van der Waals surface area contributed by atoms with Gasteiger partial charge in [0, 0.05) is 4.75 Å². The number of thioether (sulfide) groups is 1. The summed E-state index contributed by atoms with van der Waals surface area (Å²) < 4.78 is 0.444. The fraction of sp³-hybridized carbons (Fsp3) is 0.650. The summed E-state index contributed by atoms with van der Waals surface area (Å²) in [6, 6.07) is 11.3. The van der Waals surface area contributed by atoms with Gasteiger partial charge >= 0.3 is 0 Å². The van der Waals surface area contributed by atoms with Crippen molar-refractivity contribution in [3.8, 4) is 6.07 Å². The second-order valence-electron chi connectivity index (χ2n) is 8.03. The van der Waals surface area contributed by atoms with Crippen molar-refractivity contribution >= 4 is 11.8 Å². The minimum Gasteiger partial charge on any atom is -0.197 e. The summed E-state index contributed by atoms with van der Waals surface area (Å²) >= 11 is 2.04. The lowest BCUT2D eigenvalue weighted by atomic mass is 9.56. The molecule has 0 aliphatic heterocycles. The van der Waals surface area contributed by atoms with Crippen LogP contribution < -0.4 is 0 Å². The summed E-state index contributed by atoms with van der Waals surface area (Å²) in [5.41, 5.74) is 2.61. The maximum atomic E-state index is 9.67. The van der Waals surface area contributed by atoms with Crippen LogP contribution in [0.1, 0.15) is 49.7 Å². The molecule has 4 saturated carbocycles. The molecule has 4 aliphatic carbocycles. The predicted molar refractivity (Wildman–Crippen MR) is 92.8 cm³/mol. The second-order valence-corrected chi connectivity index (χ2v) is 9.70. The Morgan fingerprint density at radius 2 is 1.64 bits per heavy atom. The van der Waals surface area contributed by atoms with Crippen LogP contribution in [-0.2, 0) is 6.42 Å². The monoisotopic (exact) mass is 311 g/mol. The van der Waals surface area contributed by atoms with E-state index in [1.165, 1.54) is 49.7 Å². The molecule has 22 heavy (non-hydrogen) atoms.